The number of hydrogen-bond acceptors (Lipinski definition) is 6. The summed E-state index contributed by atoms with van der Waals surface area (Å²) < 4.78 is 19.3. The van der Waals surface area contributed by atoms with Crippen LogP contribution >= 0.6 is 0 Å². The third-order valence-corrected chi connectivity index (χ3v) is 11.0. The second-order valence-electron chi connectivity index (χ2n) is 14.3. The first-order chi connectivity index (χ1) is 28.2. The van der Waals surface area contributed by atoms with Gasteiger partial charge in [-0.15, -0.1) is 0 Å². The van der Waals surface area contributed by atoms with Crippen molar-refractivity contribution in [2.24, 2.45) is 0 Å². The fourth-order valence-corrected chi connectivity index (χ4v) is 8.35. The van der Waals surface area contributed by atoms with Crippen LogP contribution in [0.3, 0.4) is 0 Å². The Balaban J connectivity index is 1.10. The molecule has 57 heavy (non-hydrogen) atoms. The van der Waals surface area contributed by atoms with Gasteiger partial charge in [0.1, 0.15) is 33.5 Å². The molecule has 0 fully saturated rings. The summed E-state index contributed by atoms with van der Waals surface area (Å²) in [5.41, 5.74) is 11.8. The van der Waals surface area contributed by atoms with E-state index in [0.29, 0.717) is 17.5 Å². The second kappa shape index (κ2) is 12.3. The van der Waals surface area contributed by atoms with Crippen LogP contribution in [-0.4, -0.2) is 15.0 Å². The standard InChI is InChI=1S/C51H29N3O3/c1-3-12-30(13-4-1)34-25-27-44-48(37-17-8-10-20-41(37)55-44)46(34)32-23-26-42-39(28-32)47-38(18-11-21-43(47)56-42)51-53-49(31-14-5-2-6-15-31)52-50(54-51)33-22-24-36-35-16-7-9-19-40(35)57-45(36)29-33/h1-29H. The van der Waals surface area contributed by atoms with Gasteiger partial charge in [-0.3, -0.25) is 0 Å². The van der Waals surface area contributed by atoms with E-state index in [4.69, 9.17) is 28.2 Å². The zero-order valence-corrected chi connectivity index (χ0v) is 30.3. The lowest BCUT2D eigenvalue weighted by atomic mass is 9.90. The zero-order valence-electron chi connectivity index (χ0n) is 30.3. The van der Waals surface area contributed by atoms with Gasteiger partial charge >= 0.3 is 0 Å². The Morgan fingerprint density at radius 1 is 0.281 bits per heavy atom. The lowest BCUT2D eigenvalue weighted by Gasteiger charge is -2.13. The summed E-state index contributed by atoms with van der Waals surface area (Å²) in [5, 5.41) is 6.18. The maximum Gasteiger partial charge on any atom is 0.164 e. The van der Waals surface area contributed by atoms with Crippen LogP contribution in [0.2, 0.25) is 0 Å². The number of nitrogens with zero attached hydrogens (tertiary/aromatic N) is 3. The van der Waals surface area contributed by atoms with Crippen LogP contribution in [0.5, 0.6) is 0 Å². The van der Waals surface area contributed by atoms with Gasteiger partial charge in [0.05, 0.1) is 0 Å². The molecule has 12 aromatic rings. The van der Waals surface area contributed by atoms with Gasteiger partial charge in [0.15, 0.2) is 17.5 Å². The highest BCUT2D eigenvalue weighted by atomic mass is 16.3. The minimum atomic E-state index is 0.551. The van der Waals surface area contributed by atoms with Gasteiger partial charge in [0.25, 0.3) is 0 Å². The summed E-state index contributed by atoms with van der Waals surface area (Å²) in [5.74, 6) is 1.68. The molecule has 12 rings (SSSR count). The summed E-state index contributed by atoms with van der Waals surface area (Å²) in [6, 6.07) is 59.8. The number of rotatable bonds is 5. The van der Waals surface area contributed by atoms with E-state index in [9.17, 15) is 0 Å². The molecule has 266 valence electrons. The Morgan fingerprint density at radius 3 is 1.65 bits per heavy atom. The van der Waals surface area contributed by atoms with Crippen molar-refractivity contribution in [3.05, 3.63) is 176 Å². The smallest absolute Gasteiger partial charge is 0.164 e. The molecule has 0 saturated heterocycles. The van der Waals surface area contributed by atoms with Crippen molar-refractivity contribution in [1.82, 2.24) is 15.0 Å². The number of hydrogen-bond donors (Lipinski definition) is 0. The number of fused-ring (bicyclic) bond motifs is 9. The quantitative estimate of drug-likeness (QED) is 0.175. The highest BCUT2D eigenvalue weighted by Crippen LogP contribution is 2.45. The van der Waals surface area contributed by atoms with Gasteiger partial charge in [-0.25, -0.2) is 15.0 Å². The SMILES string of the molecule is c1ccc(-c2nc(-c3ccc4c(c3)oc3ccccc34)nc(-c3cccc4oc5ccc(-c6c(-c7ccccc7)ccc7oc8ccccc8c67)cc5c34)n2)cc1. The van der Waals surface area contributed by atoms with Crippen molar-refractivity contribution < 1.29 is 13.3 Å². The molecular weight excluding hydrogens is 703 g/mol. The molecule has 0 aliphatic heterocycles. The molecule has 4 heterocycles. The van der Waals surface area contributed by atoms with Gasteiger partial charge in [-0.05, 0) is 65.2 Å². The number of aromatic nitrogens is 3. The summed E-state index contributed by atoms with van der Waals surface area (Å²) >= 11 is 0. The highest BCUT2D eigenvalue weighted by Gasteiger charge is 2.22. The molecule has 6 nitrogen and oxygen atoms in total. The molecule has 0 radical (unpaired) electrons. The lowest BCUT2D eigenvalue weighted by Crippen LogP contribution is -2.00. The Hall–Kier alpha value is -7.83. The molecular formula is C51H29N3O3. The fraction of sp³-hybridized carbons (Fsp3) is 0. The normalized spacial score (nSPS) is 11.9. The molecule has 0 unspecified atom stereocenters. The van der Waals surface area contributed by atoms with Gasteiger partial charge in [-0.2, -0.15) is 0 Å². The molecule has 0 bridgehead atoms. The highest BCUT2D eigenvalue weighted by molar-refractivity contribution is 6.18. The maximum absolute atomic E-state index is 6.57. The maximum atomic E-state index is 6.57. The van der Waals surface area contributed by atoms with Crippen LogP contribution in [0.15, 0.2) is 189 Å². The van der Waals surface area contributed by atoms with Gasteiger partial charge in [0.2, 0.25) is 0 Å². The topological polar surface area (TPSA) is 78.1 Å². The molecule has 0 N–H and O–H groups in total. The molecule has 0 amide bonds. The first-order valence-electron chi connectivity index (χ1n) is 18.9. The summed E-state index contributed by atoms with van der Waals surface area (Å²) in [6.45, 7) is 0. The summed E-state index contributed by atoms with van der Waals surface area (Å²) in [4.78, 5) is 15.4. The van der Waals surface area contributed by atoms with Crippen molar-refractivity contribution >= 4 is 65.8 Å². The van der Waals surface area contributed by atoms with Crippen molar-refractivity contribution in [3.8, 4) is 56.4 Å². The molecule has 4 aromatic heterocycles. The Kier molecular flexibility index (Phi) is 6.83. The van der Waals surface area contributed by atoms with Gasteiger partial charge in [0, 0.05) is 54.6 Å². The molecule has 8 aromatic carbocycles. The average Bonchev–Trinajstić information content (AvgIpc) is 3.97. The molecule has 0 aliphatic rings. The van der Waals surface area contributed by atoms with Crippen molar-refractivity contribution in [2.45, 2.75) is 0 Å². The largest absolute Gasteiger partial charge is 0.456 e. The Labute approximate surface area is 325 Å². The van der Waals surface area contributed by atoms with Crippen LogP contribution in [0.1, 0.15) is 0 Å². The van der Waals surface area contributed by atoms with Crippen molar-refractivity contribution in [2.75, 3.05) is 0 Å². The van der Waals surface area contributed by atoms with E-state index in [-0.39, 0.29) is 0 Å². The van der Waals surface area contributed by atoms with Crippen LogP contribution in [0.4, 0.5) is 0 Å². The van der Waals surface area contributed by atoms with E-state index < -0.39 is 0 Å². The first kappa shape index (κ1) is 31.5. The molecule has 0 saturated carbocycles. The van der Waals surface area contributed by atoms with Gasteiger partial charge < -0.3 is 13.3 Å². The monoisotopic (exact) mass is 731 g/mol. The van der Waals surface area contributed by atoms with Crippen LogP contribution in [0.25, 0.3) is 122 Å². The number of para-hydroxylation sites is 2. The Bertz CT molecular complexity index is 3530. The third-order valence-electron chi connectivity index (χ3n) is 11.0. The average molecular weight is 732 g/mol. The van der Waals surface area contributed by atoms with E-state index in [1.807, 2.05) is 84.9 Å². The minimum Gasteiger partial charge on any atom is -0.456 e. The zero-order chi connectivity index (χ0) is 37.5. The minimum absolute atomic E-state index is 0.551. The molecule has 0 aliphatic carbocycles. The second-order valence-corrected chi connectivity index (χ2v) is 14.3. The van der Waals surface area contributed by atoms with E-state index >= 15 is 0 Å². The van der Waals surface area contributed by atoms with Crippen LogP contribution in [-0.2, 0) is 0 Å². The molecule has 0 spiro atoms. The third kappa shape index (κ3) is 5.01. The van der Waals surface area contributed by atoms with E-state index in [0.717, 1.165) is 105 Å². The van der Waals surface area contributed by atoms with Crippen molar-refractivity contribution in [1.29, 1.82) is 0 Å². The fourth-order valence-electron chi connectivity index (χ4n) is 8.35. The van der Waals surface area contributed by atoms with E-state index in [2.05, 4.69) is 91.0 Å². The van der Waals surface area contributed by atoms with E-state index in [1.165, 1.54) is 0 Å². The van der Waals surface area contributed by atoms with Crippen LogP contribution in [0, 0.1) is 0 Å². The lowest BCUT2D eigenvalue weighted by molar-refractivity contribution is 0.668. The van der Waals surface area contributed by atoms with Gasteiger partial charge in [-0.1, -0.05) is 127 Å². The molecule has 6 heteroatoms. The predicted molar refractivity (Wildman–Crippen MR) is 229 cm³/mol. The predicted octanol–water partition coefficient (Wildman–Crippen LogP) is 13.9. The molecule has 0 atom stereocenters. The number of benzene rings is 8. The summed E-state index contributed by atoms with van der Waals surface area (Å²) in [7, 11) is 0. The summed E-state index contributed by atoms with van der Waals surface area (Å²) in [6.07, 6.45) is 0. The van der Waals surface area contributed by atoms with E-state index in [1.54, 1.807) is 0 Å². The van der Waals surface area contributed by atoms with Crippen molar-refractivity contribution in [3.63, 3.8) is 0 Å². The Morgan fingerprint density at radius 2 is 0.842 bits per heavy atom. The first-order valence-corrected chi connectivity index (χ1v) is 18.9. The van der Waals surface area contributed by atoms with Crippen LogP contribution < -0.4 is 0 Å². The number of furan rings is 3.